The van der Waals surface area contributed by atoms with Gasteiger partial charge in [0.05, 0.1) is 17.7 Å². The third-order valence-electron chi connectivity index (χ3n) is 12.3. The number of aliphatic carboxylic acids is 1. The van der Waals surface area contributed by atoms with Gasteiger partial charge < -0.3 is 9.53 Å². The summed E-state index contributed by atoms with van der Waals surface area (Å²) in [4.78, 5) is 17.6. The first-order valence-electron chi connectivity index (χ1n) is 20.1. The van der Waals surface area contributed by atoms with Crippen molar-refractivity contribution in [2.45, 2.75) is 102 Å². The Balaban J connectivity index is 1.16. The Morgan fingerprint density at radius 1 is 0.929 bits per heavy atom. The minimum absolute atomic E-state index is 0.0731. The van der Waals surface area contributed by atoms with Crippen LogP contribution in [0.5, 0.6) is 0 Å². The minimum Gasteiger partial charge on any atom is -0.481 e. The lowest BCUT2D eigenvalue weighted by Gasteiger charge is -2.56. The summed E-state index contributed by atoms with van der Waals surface area (Å²) < 4.78 is 40.7. The van der Waals surface area contributed by atoms with E-state index in [-0.39, 0.29) is 41.4 Å². The van der Waals surface area contributed by atoms with E-state index in [2.05, 4.69) is 52.5 Å². The second-order valence-electron chi connectivity index (χ2n) is 17.8. The van der Waals surface area contributed by atoms with Crippen LogP contribution in [0.3, 0.4) is 0 Å². The lowest BCUT2D eigenvalue weighted by atomic mass is 9.48. The molecule has 4 saturated carbocycles. The van der Waals surface area contributed by atoms with Gasteiger partial charge in [0.1, 0.15) is 11.9 Å². The predicted octanol–water partition coefficient (Wildman–Crippen LogP) is 10.0. The third kappa shape index (κ3) is 8.34. The molecule has 292 valence electrons. The first-order chi connectivity index (χ1) is 26.8. The average Bonchev–Trinajstić information content (AvgIpc) is 3.15. The van der Waals surface area contributed by atoms with Crippen molar-refractivity contribution in [1.29, 1.82) is 0 Å². The molecule has 4 aliphatic rings. The molecule has 9 heteroatoms. The largest absolute Gasteiger partial charge is 0.511 e. The highest BCUT2D eigenvalue weighted by Crippen LogP contribution is 2.60. The first kappa shape index (κ1) is 40.2. The summed E-state index contributed by atoms with van der Waals surface area (Å²) in [6.45, 7) is 10.5. The molecule has 1 unspecified atom stereocenters. The van der Waals surface area contributed by atoms with Gasteiger partial charge >= 0.3 is 14.0 Å². The van der Waals surface area contributed by atoms with E-state index in [4.69, 9.17) is 13.9 Å². The van der Waals surface area contributed by atoms with Crippen LogP contribution in [-0.2, 0) is 23.7 Å². The van der Waals surface area contributed by atoms with E-state index in [1.54, 1.807) is 0 Å². The van der Waals surface area contributed by atoms with Crippen molar-refractivity contribution < 1.29 is 27.8 Å². The molecule has 56 heavy (non-hydrogen) atoms. The number of carbonyl (C=O) groups is 1. The maximum absolute atomic E-state index is 14.2. The molecule has 1 heterocycles. The van der Waals surface area contributed by atoms with E-state index in [0.717, 1.165) is 56.2 Å². The van der Waals surface area contributed by atoms with Gasteiger partial charge in [0, 0.05) is 16.7 Å². The zero-order valence-corrected chi connectivity index (χ0v) is 35.2. The summed E-state index contributed by atoms with van der Waals surface area (Å²) in [7, 11) is -5.45. The van der Waals surface area contributed by atoms with Gasteiger partial charge in [-0.05, 0) is 106 Å². The number of hydrogen-bond acceptors (Lipinski definition) is 5. The molecule has 4 bridgehead atoms. The maximum Gasteiger partial charge on any atom is 0.511 e. The lowest BCUT2D eigenvalue weighted by Crippen LogP contribution is -2.68. The highest BCUT2D eigenvalue weighted by atomic mass is 31.1. The van der Waals surface area contributed by atoms with Crippen LogP contribution >= 0.6 is 8.03 Å². The molecule has 1 N–H and O–H groups in total. The summed E-state index contributed by atoms with van der Waals surface area (Å²) in [6.07, 6.45) is 6.30. The fourth-order valence-electron chi connectivity index (χ4n) is 10.4. The number of carboxylic acid groups (broad SMARTS) is 1. The second-order valence-corrected chi connectivity index (χ2v) is 23.3. The quantitative estimate of drug-likeness (QED) is 0.0825. The molecule has 6 nitrogen and oxygen atoms in total. The zero-order chi connectivity index (χ0) is 39.7. The molecule has 2 atom stereocenters. The normalized spacial score (nSPS) is 22.4. The van der Waals surface area contributed by atoms with Crippen molar-refractivity contribution in [3.05, 3.63) is 114 Å². The lowest BCUT2D eigenvalue weighted by molar-refractivity contribution is -0.138. The van der Waals surface area contributed by atoms with Gasteiger partial charge in [-0.3, -0.25) is 9.78 Å². The Labute approximate surface area is 333 Å². The first-order valence-corrected chi connectivity index (χ1v) is 23.4. The van der Waals surface area contributed by atoms with Crippen molar-refractivity contribution >= 4 is 32.7 Å². The fraction of sp³-hybridized carbons (Fsp3) is 0.447. The molecular formula is C47H54FNO5PSi+. The number of pyridine rings is 1. The van der Waals surface area contributed by atoms with Gasteiger partial charge in [-0.2, -0.15) is 0 Å². The molecule has 0 amide bonds. The molecule has 0 radical (unpaired) electrons. The number of benzene rings is 3. The van der Waals surface area contributed by atoms with Crippen LogP contribution in [0.1, 0.15) is 102 Å². The van der Waals surface area contributed by atoms with Crippen molar-refractivity contribution in [3.8, 4) is 23.0 Å². The van der Waals surface area contributed by atoms with E-state index >= 15 is 0 Å². The molecule has 3 aromatic carbocycles. The molecular weight excluding hydrogens is 737 g/mol. The molecule has 4 fully saturated rings. The Hall–Kier alpha value is -3.99. The number of aromatic nitrogens is 1. The highest BCUT2D eigenvalue weighted by molar-refractivity contribution is 7.39. The van der Waals surface area contributed by atoms with Crippen molar-refractivity contribution in [3.63, 3.8) is 0 Å². The Morgan fingerprint density at radius 2 is 1.48 bits per heavy atom. The summed E-state index contributed by atoms with van der Waals surface area (Å²) in [5, 5.41) is 11.6. The summed E-state index contributed by atoms with van der Waals surface area (Å²) in [5.74, 6) is 7.52. The number of halogens is 1. The van der Waals surface area contributed by atoms with Gasteiger partial charge in [-0.15, -0.1) is 4.52 Å². The molecule has 4 aliphatic carbocycles. The van der Waals surface area contributed by atoms with Crippen LogP contribution in [0.4, 0.5) is 4.39 Å². The van der Waals surface area contributed by atoms with E-state index in [1.165, 1.54) is 50.7 Å². The Kier molecular flexibility index (Phi) is 11.8. The molecule has 1 aromatic heterocycles. The van der Waals surface area contributed by atoms with E-state index in [0.29, 0.717) is 0 Å². The highest BCUT2D eigenvalue weighted by Gasteiger charge is 2.54. The van der Waals surface area contributed by atoms with Crippen LogP contribution in [0.15, 0.2) is 91.0 Å². The minimum atomic E-state index is -3.12. The topological polar surface area (TPSA) is 85.7 Å². The number of hydrogen-bond donors (Lipinski definition) is 1. The SMILES string of the molecule is CC(C)c1nc(C23CC4CC(CC(C4)C2)C3)cc(-c2ccc(F)cc2)c1C#CCO[P+](=O)C[C@H](CC(=O)O)O[Si](c1ccccc1)(c1ccccc1)C(C)(C)C. The van der Waals surface area contributed by atoms with Crippen LogP contribution in [0, 0.1) is 35.4 Å². The molecule has 0 spiro atoms. The maximum atomic E-state index is 14.2. The number of rotatable bonds is 13. The Morgan fingerprint density at radius 3 is 1.98 bits per heavy atom. The van der Waals surface area contributed by atoms with Gasteiger partial charge in [-0.25, -0.2) is 4.39 Å². The Bertz CT molecular complexity index is 2030. The van der Waals surface area contributed by atoms with E-state index in [9.17, 15) is 18.9 Å². The van der Waals surface area contributed by atoms with E-state index < -0.39 is 28.4 Å². The monoisotopic (exact) mass is 790 g/mol. The van der Waals surface area contributed by atoms with Crippen LogP contribution in [0.2, 0.25) is 5.04 Å². The summed E-state index contributed by atoms with van der Waals surface area (Å²) >= 11 is 0. The third-order valence-corrected chi connectivity index (χ3v) is 18.6. The van der Waals surface area contributed by atoms with Crippen LogP contribution in [-0.4, -0.2) is 43.2 Å². The van der Waals surface area contributed by atoms with Crippen molar-refractivity contribution in [1.82, 2.24) is 4.98 Å². The average molecular weight is 791 g/mol. The molecule has 0 aliphatic heterocycles. The second kappa shape index (κ2) is 16.5. The zero-order valence-electron chi connectivity index (χ0n) is 33.3. The fourth-order valence-corrected chi connectivity index (χ4v) is 16.1. The van der Waals surface area contributed by atoms with Crippen molar-refractivity contribution in [2.75, 3.05) is 12.8 Å². The summed E-state index contributed by atoms with van der Waals surface area (Å²) in [5.41, 5.74) is 4.73. The molecule has 4 aromatic rings. The molecule has 0 saturated heterocycles. The number of carboxylic acids is 1. The van der Waals surface area contributed by atoms with Gasteiger partial charge in [0.2, 0.25) is 6.16 Å². The smallest absolute Gasteiger partial charge is 0.481 e. The van der Waals surface area contributed by atoms with Crippen LogP contribution < -0.4 is 10.4 Å². The van der Waals surface area contributed by atoms with Crippen LogP contribution in [0.25, 0.3) is 11.1 Å². The van der Waals surface area contributed by atoms with E-state index in [1.807, 2.05) is 72.8 Å². The standard InChI is InChI=1S/C47H53FNO5PSi/c1-32(2)45-41(42(36-18-20-37(48)21-19-36)27-43(49-45)47-28-33-23-34(29-47)25-35(24-33)30-47)17-12-22-53-55(52)31-38(26-44(50)51)54-56(46(3,4)5,39-13-8-6-9-14-39)40-15-10-7-11-16-40/h6-11,13-16,18-21,27,32-35,38H,22-26,28-31H2,1-5H3/p+1/t33?,34?,35?,38-,47?/m0/s1. The van der Waals surface area contributed by atoms with Crippen molar-refractivity contribution in [2.24, 2.45) is 17.8 Å². The van der Waals surface area contributed by atoms with Gasteiger partial charge in [0.15, 0.2) is 6.61 Å². The van der Waals surface area contributed by atoms with Gasteiger partial charge in [-0.1, -0.05) is 119 Å². The predicted molar refractivity (Wildman–Crippen MR) is 224 cm³/mol. The molecule has 8 rings (SSSR count). The number of nitrogens with zero attached hydrogens (tertiary/aromatic N) is 1. The summed E-state index contributed by atoms with van der Waals surface area (Å²) in [6, 6.07) is 28.8. The van der Waals surface area contributed by atoms with Gasteiger partial charge in [0.25, 0.3) is 8.32 Å².